The average molecular weight is 191 g/mol. The van der Waals surface area contributed by atoms with Crippen molar-refractivity contribution in [2.75, 3.05) is 20.1 Å². The number of aromatic nitrogens is 2. The number of nitrogens with zero attached hydrogens (tertiary/aromatic N) is 3. The summed E-state index contributed by atoms with van der Waals surface area (Å²) in [6.07, 6.45) is 2.43. The Bertz CT molecular complexity index is 286. The molecule has 1 aromatic heterocycles. The summed E-state index contributed by atoms with van der Waals surface area (Å²) in [5.41, 5.74) is 2.17. The van der Waals surface area contributed by atoms with Gasteiger partial charge in [-0.1, -0.05) is 0 Å². The Morgan fingerprint density at radius 3 is 2.50 bits per heavy atom. The normalized spacial score (nSPS) is 19.9. The van der Waals surface area contributed by atoms with Crippen molar-refractivity contribution in [1.29, 1.82) is 0 Å². The zero-order valence-electron chi connectivity index (χ0n) is 8.90. The van der Waals surface area contributed by atoms with Crippen molar-refractivity contribution in [1.82, 2.24) is 15.1 Å². The fourth-order valence-electron chi connectivity index (χ4n) is 1.93. The maximum atomic E-state index is 4.26. The first-order valence-corrected chi connectivity index (χ1v) is 5.24. The molecular formula is C11H17N3. The Balaban J connectivity index is 2.05. The highest BCUT2D eigenvalue weighted by molar-refractivity contribution is 5.11. The molecule has 0 aliphatic carbocycles. The first-order chi connectivity index (χ1) is 6.75. The molecule has 1 fully saturated rings. The molecule has 1 saturated heterocycles. The van der Waals surface area contributed by atoms with E-state index in [2.05, 4.69) is 34.3 Å². The summed E-state index contributed by atoms with van der Waals surface area (Å²) < 4.78 is 0. The van der Waals surface area contributed by atoms with Gasteiger partial charge in [-0.2, -0.15) is 10.2 Å². The number of hydrogen-bond donors (Lipinski definition) is 0. The second-order valence-corrected chi connectivity index (χ2v) is 4.18. The Kier molecular flexibility index (Phi) is 2.77. The Morgan fingerprint density at radius 1 is 1.21 bits per heavy atom. The minimum Gasteiger partial charge on any atom is -0.306 e. The van der Waals surface area contributed by atoms with E-state index in [1.54, 1.807) is 0 Å². The fourth-order valence-corrected chi connectivity index (χ4v) is 1.93. The molecule has 1 aromatic rings. The molecule has 1 aliphatic heterocycles. The SMILES string of the molecule is Cc1ccc(C2CCN(C)CC2)nn1. The lowest BCUT2D eigenvalue weighted by Crippen LogP contribution is -2.29. The molecule has 2 heterocycles. The molecular weight excluding hydrogens is 174 g/mol. The van der Waals surface area contributed by atoms with Crippen LogP contribution in [-0.2, 0) is 0 Å². The largest absolute Gasteiger partial charge is 0.306 e. The maximum absolute atomic E-state index is 4.26. The van der Waals surface area contributed by atoms with Crippen molar-refractivity contribution in [2.45, 2.75) is 25.7 Å². The van der Waals surface area contributed by atoms with Crippen LogP contribution in [0, 0.1) is 6.92 Å². The van der Waals surface area contributed by atoms with E-state index < -0.39 is 0 Å². The molecule has 1 aliphatic rings. The van der Waals surface area contributed by atoms with E-state index in [1.165, 1.54) is 31.6 Å². The van der Waals surface area contributed by atoms with Crippen LogP contribution in [0.25, 0.3) is 0 Å². The van der Waals surface area contributed by atoms with Crippen LogP contribution in [0.3, 0.4) is 0 Å². The molecule has 0 amide bonds. The first-order valence-electron chi connectivity index (χ1n) is 5.24. The zero-order valence-corrected chi connectivity index (χ0v) is 8.90. The van der Waals surface area contributed by atoms with Gasteiger partial charge in [0.15, 0.2) is 0 Å². The highest BCUT2D eigenvalue weighted by atomic mass is 15.1. The summed E-state index contributed by atoms with van der Waals surface area (Å²) in [5.74, 6) is 0.624. The first kappa shape index (κ1) is 9.59. The van der Waals surface area contributed by atoms with Crippen LogP contribution in [-0.4, -0.2) is 35.2 Å². The molecule has 0 saturated carbocycles. The van der Waals surface area contributed by atoms with E-state index in [0.29, 0.717) is 5.92 Å². The van der Waals surface area contributed by atoms with Gasteiger partial charge in [-0.25, -0.2) is 0 Å². The minimum atomic E-state index is 0.624. The Labute approximate surface area is 85.1 Å². The van der Waals surface area contributed by atoms with E-state index >= 15 is 0 Å². The standard InChI is InChI=1S/C11H17N3/c1-9-3-4-11(13-12-9)10-5-7-14(2)8-6-10/h3-4,10H,5-8H2,1-2H3. The van der Waals surface area contributed by atoms with Crippen LogP contribution >= 0.6 is 0 Å². The highest BCUT2D eigenvalue weighted by Crippen LogP contribution is 2.25. The summed E-state index contributed by atoms with van der Waals surface area (Å²) in [5, 5.41) is 8.37. The molecule has 0 aromatic carbocycles. The van der Waals surface area contributed by atoms with Crippen molar-refractivity contribution in [3.05, 3.63) is 23.5 Å². The summed E-state index contributed by atoms with van der Waals surface area (Å²) in [7, 11) is 2.18. The molecule has 3 nitrogen and oxygen atoms in total. The number of hydrogen-bond acceptors (Lipinski definition) is 3. The molecule has 0 unspecified atom stereocenters. The average Bonchev–Trinajstić information content (AvgIpc) is 2.21. The summed E-state index contributed by atoms with van der Waals surface area (Å²) in [4.78, 5) is 2.37. The maximum Gasteiger partial charge on any atom is 0.0663 e. The molecule has 3 heteroatoms. The fraction of sp³-hybridized carbons (Fsp3) is 0.636. The van der Waals surface area contributed by atoms with Crippen LogP contribution in [0.15, 0.2) is 12.1 Å². The van der Waals surface area contributed by atoms with Crippen LogP contribution in [0.5, 0.6) is 0 Å². The smallest absolute Gasteiger partial charge is 0.0663 e. The summed E-state index contributed by atoms with van der Waals surface area (Å²) >= 11 is 0. The lowest BCUT2D eigenvalue weighted by atomic mass is 9.93. The molecule has 0 N–H and O–H groups in total. The number of piperidine rings is 1. The summed E-state index contributed by atoms with van der Waals surface area (Å²) in [6.45, 7) is 4.34. The van der Waals surface area contributed by atoms with E-state index in [4.69, 9.17) is 0 Å². The van der Waals surface area contributed by atoms with Crippen molar-refractivity contribution in [3.8, 4) is 0 Å². The van der Waals surface area contributed by atoms with Gasteiger partial charge in [0.2, 0.25) is 0 Å². The molecule has 0 bridgehead atoms. The van der Waals surface area contributed by atoms with E-state index in [9.17, 15) is 0 Å². The zero-order chi connectivity index (χ0) is 9.97. The lowest BCUT2D eigenvalue weighted by Gasteiger charge is -2.28. The van der Waals surface area contributed by atoms with Gasteiger partial charge in [0.05, 0.1) is 11.4 Å². The van der Waals surface area contributed by atoms with Crippen molar-refractivity contribution >= 4 is 0 Å². The van der Waals surface area contributed by atoms with Gasteiger partial charge < -0.3 is 4.90 Å². The van der Waals surface area contributed by atoms with E-state index in [0.717, 1.165) is 5.69 Å². The molecule has 2 rings (SSSR count). The predicted octanol–water partition coefficient (Wildman–Crippen LogP) is 1.59. The third-order valence-corrected chi connectivity index (χ3v) is 2.96. The number of likely N-dealkylation sites (tertiary alicyclic amines) is 1. The Hall–Kier alpha value is -0.960. The monoisotopic (exact) mass is 191 g/mol. The van der Waals surface area contributed by atoms with Gasteiger partial charge >= 0.3 is 0 Å². The van der Waals surface area contributed by atoms with E-state index in [-0.39, 0.29) is 0 Å². The third kappa shape index (κ3) is 2.10. The van der Waals surface area contributed by atoms with Gasteiger partial charge in [0.25, 0.3) is 0 Å². The highest BCUT2D eigenvalue weighted by Gasteiger charge is 2.19. The molecule has 0 spiro atoms. The van der Waals surface area contributed by atoms with Crippen LogP contribution in [0.4, 0.5) is 0 Å². The third-order valence-electron chi connectivity index (χ3n) is 2.96. The molecule has 76 valence electrons. The molecule has 14 heavy (non-hydrogen) atoms. The van der Waals surface area contributed by atoms with Crippen LogP contribution < -0.4 is 0 Å². The van der Waals surface area contributed by atoms with Crippen molar-refractivity contribution in [3.63, 3.8) is 0 Å². The number of rotatable bonds is 1. The summed E-state index contributed by atoms with van der Waals surface area (Å²) in [6, 6.07) is 4.18. The van der Waals surface area contributed by atoms with Gasteiger partial charge in [0, 0.05) is 5.92 Å². The van der Waals surface area contributed by atoms with Gasteiger partial charge in [-0.15, -0.1) is 0 Å². The van der Waals surface area contributed by atoms with Crippen LogP contribution in [0.1, 0.15) is 30.1 Å². The van der Waals surface area contributed by atoms with Gasteiger partial charge in [-0.3, -0.25) is 0 Å². The topological polar surface area (TPSA) is 29.0 Å². The lowest BCUT2D eigenvalue weighted by molar-refractivity contribution is 0.253. The molecule has 0 atom stereocenters. The van der Waals surface area contributed by atoms with Gasteiger partial charge in [0.1, 0.15) is 0 Å². The van der Waals surface area contributed by atoms with Crippen molar-refractivity contribution < 1.29 is 0 Å². The van der Waals surface area contributed by atoms with E-state index in [1.807, 2.05) is 6.92 Å². The quantitative estimate of drug-likeness (QED) is 0.675. The second kappa shape index (κ2) is 4.05. The second-order valence-electron chi connectivity index (χ2n) is 4.18. The minimum absolute atomic E-state index is 0.624. The van der Waals surface area contributed by atoms with Gasteiger partial charge in [-0.05, 0) is 52.0 Å². The molecule has 0 radical (unpaired) electrons. The van der Waals surface area contributed by atoms with Crippen LogP contribution in [0.2, 0.25) is 0 Å². The predicted molar refractivity (Wildman–Crippen MR) is 56.2 cm³/mol. The van der Waals surface area contributed by atoms with Crippen molar-refractivity contribution in [2.24, 2.45) is 0 Å². The number of aryl methyl sites for hydroxylation is 1. The Morgan fingerprint density at radius 2 is 1.93 bits per heavy atom.